The highest BCUT2D eigenvalue weighted by Gasteiger charge is 2.60. The molecule has 3 heteroatoms. The molecule has 4 fully saturated rings. The van der Waals surface area contributed by atoms with Gasteiger partial charge in [-0.25, -0.2) is 0 Å². The number of carbonyl (C=O) groups excluding carboxylic acids is 1. The highest BCUT2D eigenvalue weighted by molar-refractivity contribution is 5.77. The van der Waals surface area contributed by atoms with Gasteiger partial charge in [0.1, 0.15) is 0 Å². The Kier molecular flexibility index (Phi) is 3.61. The summed E-state index contributed by atoms with van der Waals surface area (Å²) in [5, 5.41) is 13.6. The molecule has 4 rings (SSSR count). The Morgan fingerprint density at radius 3 is 2.52 bits per heavy atom. The molecule has 0 spiro atoms. The molecule has 1 unspecified atom stereocenters. The first-order valence-electron chi connectivity index (χ1n) is 9.83. The number of rotatable bonds is 1. The zero-order valence-corrected chi connectivity index (χ0v) is 15.0. The van der Waals surface area contributed by atoms with Crippen molar-refractivity contribution in [3.05, 3.63) is 0 Å². The van der Waals surface area contributed by atoms with Crippen LogP contribution in [0.25, 0.3) is 0 Å². The number of nitrogens with one attached hydrogen (secondary N) is 1. The second kappa shape index (κ2) is 5.21. The van der Waals surface area contributed by atoms with Crippen molar-refractivity contribution in [2.45, 2.75) is 84.3 Å². The number of fused-ring (bicyclic) bond motifs is 5. The van der Waals surface area contributed by atoms with Gasteiger partial charge in [0.2, 0.25) is 5.91 Å². The number of aliphatic hydroxyl groups is 1. The lowest BCUT2D eigenvalue weighted by atomic mass is 9.47. The summed E-state index contributed by atoms with van der Waals surface area (Å²) in [5.74, 6) is 3.13. The maximum atomic E-state index is 11.8. The first-order valence-corrected chi connectivity index (χ1v) is 9.83. The van der Waals surface area contributed by atoms with E-state index in [1.807, 2.05) is 6.92 Å². The van der Waals surface area contributed by atoms with Crippen LogP contribution in [0.15, 0.2) is 0 Å². The largest absolute Gasteiger partial charge is 0.393 e. The SMILES string of the molecule is CC(O)[C@H]1CC[C@H]2[C@@H]3CC[C@H]4NC(=O)CC[C@]4(C)[C@H]3CC[C@]12C. The Balaban J connectivity index is 1.61. The van der Waals surface area contributed by atoms with E-state index < -0.39 is 0 Å². The lowest BCUT2D eigenvalue weighted by Gasteiger charge is -2.60. The van der Waals surface area contributed by atoms with Gasteiger partial charge in [-0.05, 0) is 86.4 Å². The lowest BCUT2D eigenvalue weighted by molar-refractivity contribution is -0.138. The first-order chi connectivity index (χ1) is 10.9. The van der Waals surface area contributed by atoms with Crippen LogP contribution in [0.3, 0.4) is 0 Å². The van der Waals surface area contributed by atoms with Crippen LogP contribution in [-0.4, -0.2) is 23.2 Å². The maximum absolute atomic E-state index is 11.8. The summed E-state index contributed by atoms with van der Waals surface area (Å²) in [6.07, 6.45) is 9.14. The Hall–Kier alpha value is -0.570. The fraction of sp³-hybridized carbons (Fsp3) is 0.950. The summed E-state index contributed by atoms with van der Waals surface area (Å²) in [5.41, 5.74) is 0.650. The molecule has 1 amide bonds. The normalized spacial score (nSPS) is 53.7. The fourth-order valence-electron chi connectivity index (χ4n) is 7.54. The average molecular weight is 319 g/mol. The topological polar surface area (TPSA) is 49.3 Å². The quantitative estimate of drug-likeness (QED) is 0.777. The molecule has 3 nitrogen and oxygen atoms in total. The predicted octanol–water partition coefficient (Wildman–Crippen LogP) is 3.50. The van der Waals surface area contributed by atoms with Gasteiger partial charge in [0, 0.05) is 12.5 Å². The zero-order valence-electron chi connectivity index (χ0n) is 15.0. The van der Waals surface area contributed by atoms with Crippen LogP contribution in [0.4, 0.5) is 0 Å². The molecular formula is C20H33NO2. The van der Waals surface area contributed by atoms with E-state index in [4.69, 9.17) is 0 Å². The highest BCUT2D eigenvalue weighted by Crippen LogP contribution is 2.65. The van der Waals surface area contributed by atoms with Gasteiger partial charge in [-0.2, -0.15) is 0 Å². The molecule has 1 aliphatic heterocycles. The van der Waals surface area contributed by atoms with E-state index in [2.05, 4.69) is 19.2 Å². The minimum atomic E-state index is -0.164. The van der Waals surface area contributed by atoms with Crippen molar-refractivity contribution in [2.75, 3.05) is 0 Å². The Bertz CT molecular complexity index is 504. The summed E-state index contributed by atoms with van der Waals surface area (Å²) < 4.78 is 0. The van der Waals surface area contributed by atoms with E-state index in [0.29, 0.717) is 29.2 Å². The van der Waals surface area contributed by atoms with Crippen LogP contribution >= 0.6 is 0 Å². The van der Waals surface area contributed by atoms with Gasteiger partial charge in [0.25, 0.3) is 0 Å². The summed E-state index contributed by atoms with van der Waals surface area (Å²) in [7, 11) is 0. The zero-order chi connectivity index (χ0) is 16.4. The lowest BCUT2D eigenvalue weighted by Crippen LogP contribution is -2.61. The van der Waals surface area contributed by atoms with Crippen LogP contribution in [0, 0.1) is 34.5 Å². The number of piperidine rings is 1. The Labute approximate surface area is 140 Å². The van der Waals surface area contributed by atoms with Gasteiger partial charge >= 0.3 is 0 Å². The van der Waals surface area contributed by atoms with Crippen molar-refractivity contribution >= 4 is 5.91 Å². The van der Waals surface area contributed by atoms with Gasteiger partial charge in [-0.15, -0.1) is 0 Å². The second-order valence-corrected chi connectivity index (χ2v) is 9.55. The number of hydrogen-bond acceptors (Lipinski definition) is 2. The number of amides is 1. The van der Waals surface area contributed by atoms with Crippen molar-refractivity contribution < 1.29 is 9.90 Å². The molecule has 2 N–H and O–H groups in total. The first kappa shape index (κ1) is 15.9. The third kappa shape index (κ3) is 2.14. The van der Waals surface area contributed by atoms with E-state index in [1.54, 1.807) is 0 Å². The van der Waals surface area contributed by atoms with Gasteiger partial charge in [-0.3, -0.25) is 4.79 Å². The molecule has 0 bridgehead atoms. The number of hydrogen-bond donors (Lipinski definition) is 2. The second-order valence-electron chi connectivity index (χ2n) is 9.55. The van der Waals surface area contributed by atoms with Crippen LogP contribution in [0.2, 0.25) is 0 Å². The molecule has 130 valence electrons. The van der Waals surface area contributed by atoms with Crippen LogP contribution in [0.5, 0.6) is 0 Å². The summed E-state index contributed by atoms with van der Waals surface area (Å²) in [4.78, 5) is 11.8. The summed E-state index contributed by atoms with van der Waals surface area (Å²) in [6, 6.07) is 0.406. The van der Waals surface area contributed by atoms with Crippen molar-refractivity contribution in [2.24, 2.45) is 34.5 Å². The van der Waals surface area contributed by atoms with Crippen LogP contribution in [0.1, 0.15) is 72.1 Å². The van der Waals surface area contributed by atoms with E-state index >= 15 is 0 Å². The van der Waals surface area contributed by atoms with Crippen molar-refractivity contribution in [3.8, 4) is 0 Å². The fourth-order valence-corrected chi connectivity index (χ4v) is 7.54. The molecule has 1 heterocycles. The molecule has 4 aliphatic rings. The smallest absolute Gasteiger partial charge is 0.220 e. The summed E-state index contributed by atoms with van der Waals surface area (Å²) >= 11 is 0. The number of aliphatic hydroxyl groups excluding tert-OH is 1. The van der Waals surface area contributed by atoms with Crippen LogP contribution in [-0.2, 0) is 4.79 Å². The third-order valence-electron chi connectivity index (χ3n) is 8.75. The monoisotopic (exact) mass is 319 g/mol. The van der Waals surface area contributed by atoms with E-state index in [0.717, 1.165) is 30.6 Å². The predicted molar refractivity (Wildman–Crippen MR) is 90.7 cm³/mol. The van der Waals surface area contributed by atoms with Crippen molar-refractivity contribution in [1.82, 2.24) is 5.32 Å². The van der Waals surface area contributed by atoms with Gasteiger partial charge in [-0.1, -0.05) is 13.8 Å². The molecule has 23 heavy (non-hydrogen) atoms. The summed E-state index contributed by atoms with van der Waals surface area (Å²) in [6.45, 7) is 6.92. The molecule has 0 aromatic rings. The molecular weight excluding hydrogens is 286 g/mol. The van der Waals surface area contributed by atoms with E-state index in [1.165, 1.54) is 32.1 Å². The minimum absolute atomic E-state index is 0.164. The number of carbonyl (C=O) groups is 1. The van der Waals surface area contributed by atoms with E-state index in [9.17, 15) is 9.90 Å². The molecule has 0 radical (unpaired) electrons. The molecule has 0 aromatic carbocycles. The van der Waals surface area contributed by atoms with Crippen LogP contribution < -0.4 is 5.32 Å². The molecule has 3 aliphatic carbocycles. The Morgan fingerprint density at radius 2 is 1.78 bits per heavy atom. The molecule has 8 atom stereocenters. The van der Waals surface area contributed by atoms with Crippen molar-refractivity contribution in [1.29, 1.82) is 0 Å². The minimum Gasteiger partial charge on any atom is -0.393 e. The molecule has 3 saturated carbocycles. The van der Waals surface area contributed by atoms with Gasteiger partial charge in [0.05, 0.1) is 6.10 Å². The third-order valence-corrected chi connectivity index (χ3v) is 8.75. The van der Waals surface area contributed by atoms with E-state index in [-0.39, 0.29) is 12.0 Å². The molecule has 1 saturated heterocycles. The van der Waals surface area contributed by atoms with Crippen molar-refractivity contribution in [3.63, 3.8) is 0 Å². The molecule has 0 aromatic heterocycles. The highest BCUT2D eigenvalue weighted by atomic mass is 16.3. The maximum Gasteiger partial charge on any atom is 0.220 e. The van der Waals surface area contributed by atoms with Gasteiger partial charge in [0.15, 0.2) is 0 Å². The Morgan fingerprint density at radius 1 is 1.04 bits per heavy atom. The van der Waals surface area contributed by atoms with Gasteiger partial charge < -0.3 is 10.4 Å². The average Bonchev–Trinajstić information content (AvgIpc) is 2.85. The standard InChI is InChI=1S/C20H33NO2/c1-12(22)14-5-6-15-13-4-7-17-20(3,11-9-18(23)21-17)16(13)8-10-19(14,15)2/h12-17,22H,4-11H2,1-3H3,(H,21,23)/t12?,13-,14+,15-,16-,17+,19+,20+/m0/s1.